The highest BCUT2D eigenvalue weighted by Gasteiger charge is 2.17. The fourth-order valence-electron chi connectivity index (χ4n) is 1.84. The molecule has 0 radical (unpaired) electrons. The van der Waals surface area contributed by atoms with Gasteiger partial charge in [0, 0.05) is 6.54 Å². The number of aliphatic hydroxyl groups is 1. The van der Waals surface area contributed by atoms with Crippen LogP contribution in [0.4, 0.5) is 8.78 Å². The van der Waals surface area contributed by atoms with Crippen molar-refractivity contribution in [3.8, 4) is 0 Å². The number of aryl methyl sites for hydroxylation is 1. The molecular formula is C14H15F2NO2. The second kappa shape index (κ2) is 5.95. The van der Waals surface area contributed by atoms with Crippen LogP contribution in [0.15, 0.2) is 34.9 Å². The summed E-state index contributed by atoms with van der Waals surface area (Å²) in [5, 5.41) is 12.7. The van der Waals surface area contributed by atoms with Crippen LogP contribution in [0.25, 0.3) is 0 Å². The number of aliphatic hydroxyl groups excluding tert-OH is 1. The minimum Gasteiger partial charge on any atom is -0.468 e. The predicted molar refractivity (Wildman–Crippen MR) is 66.5 cm³/mol. The summed E-state index contributed by atoms with van der Waals surface area (Å²) in [5.74, 6) is -0.756. The zero-order valence-electron chi connectivity index (χ0n) is 10.5. The average Bonchev–Trinajstić information content (AvgIpc) is 2.75. The van der Waals surface area contributed by atoms with Gasteiger partial charge in [-0.05, 0) is 30.7 Å². The zero-order chi connectivity index (χ0) is 13.8. The Bertz CT molecular complexity index is 534. The second-order valence-electron chi connectivity index (χ2n) is 4.31. The van der Waals surface area contributed by atoms with Crippen LogP contribution in [0.1, 0.15) is 23.0 Å². The van der Waals surface area contributed by atoms with Gasteiger partial charge in [0.1, 0.15) is 17.4 Å². The quantitative estimate of drug-likeness (QED) is 0.875. The normalized spacial score (nSPS) is 12.6. The number of rotatable bonds is 5. The largest absolute Gasteiger partial charge is 0.468 e. The van der Waals surface area contributed by atoms with E-state index in [-0.39, 0.29) is 12.1 Å². The molecule has 2 rings (SSSR count). The number of furan rings is 1. The van der Waals surface area contributed by atoms with Gasteiger partial charge in [0.2, 0.25) is 0 Å². The number of halogens is 2. The summed E-state index contributed by atoms with van der Waals surface area (Å²) in [4.78, 5) is 0. The number of hydrogen-bond donors (Lipinski definition) is 2. The first-order valence-corrected chi connectivity index (χ1v) is 5.95. The Kier molecular flexibility index (Phi) is 4.29. The molecule has 2 N–H and O–H groups in total. The molecule has 0 aliphatic carbocycles. The van der Waals surface area contributed by atoms with E-state index in [4.69, 9.17) is 4.42 Å². The molecule has 3 nitrogen and oxygen atoms in total. The third-order valence-corrected chi connectivity index (χ3v) is 2.92. The van der Waals surface area contributed by atoms with Gasteiger partial charge >= 0.3 is 0 Å². The van der Waals surface area contributed by atoms with Crippen molar-refractivity contribution in [2.24, 2.45) is 0 Å². The van der Waals surface area contributed by atoms with Gasteiger partial charge in [0.05, 0.1) is 24.5 Å². The first-order chi connectivity index (χ1) is 9.09. The zero-order valence-corrected chi connectivity index (χ0v) is 10.5. The molecule has 0 saturated carbocycles. The Hall–Kier alpha value is -1.72. The Labute approximate surface area is 109 Å². The van der Waals surface area contributed by atoms with Crippen LogP contribution in [-0.2, 0) is 6.54 Å². The van der Waals surface area contributed by atoms with Crippen LogP contribution in [0.5, 0.6) is 0 Å². The van der Waals surface area contributed by atoms with Gasteiger partial charge in [0.25, 0.3) is 0 Å². The maximum atomic E-state index is 13.4. The third-order valence-electron chi connectivity index (χ3n) is 2.92. The second-order valence-corrected chi connectivity index (χ2v) is 4.31. The molecule has 1 unspecified atom stereocenters. The highest BCUT2D eigenvalue weighted by molar-refractivity contribution is 5.22. The van der Waals surface area contributed by atoms with Crippen molar-refractivity contribution in [2.45, 2.75) is 19.6 Å². The predicted octanol–water partition coefficient (Wildman–Crippen LogP) is 2.69. The smallest absolute Gasteiger partial charge is 0.131 e. The number of hydrogen-bond acceptors (Lipinski definition) is 3. The molecule has 102 valence electrons. The Morgan fingerprint density at radius 2 is 1.95 bits per heavy atom. The molecule has 0 spiro atoms. The van der Waals surface area contributed by atoms with Crippen molar-refractivity contribution in [1.29, 1.82) is 0 Å². The van der Waals surface area contributed by atoms with Gasteiger partial charge in [-0.2, -0.15) is 0 Å². The van der Waals surface area contributed by atoms with Crippen LogP contribution < -0.4 is 5.32 Å². The minimum atomic E-state index is -1.24. The Morgan fingerprint density at radius 1 is 1.26 bits per heavy atom. The van der Waals surface area contributed by atoms with Crippen LogP contribution in [0.3, 0.4) is 0 Å². The van der Waals surface area contributed by atoms with E-state index in [1.807, 2.05) is 13.0 Å². The lowest BCUT2D eigenvalue weighted by Gasteiger charge is -2.13. The third kappa shape index (κ3) is 3.19. The maximum Gasteiger partial charge on any atom is 0.131 e. The first-order valence-electron chi connectivity index (χ1n) is 5.95. The SMILES string of the molecule is Cc1ccoc1CNCC(O)c1c(F)cccc1F. The fraction of sp³-hybridized carbons (Fsp3) is 0.286. The maximum absolute atomic E-state index is 13.4. The summed E-state index contributed by atoms with van der Waals surface area (Å²) in [6.45, 7) is 2.33. The van der Waals surface area contributed by atoms with Gasteiger partial charge in [-0.1, -0.05) is 6.07 Å². The highest BCUT2D eigenvalue weighted by Crippen LogP contribution is 2.20. The van der Waals surface area contributed by atoms with Gasteiger partial charge in [-0.3, -0.25) is 0 Å². The van der Waals surface area contributed by atoms with Crippen molar-refractivity contribution >= 4 is 0 Å². The van der Waals surface area contributed by atoms with E-state index in [9.17, 15) is 13.9 Å². The molecule has 0 fully saturated rings. The molecule has 0 bridgehead atoms. The molecule has 1 heterocycles. The molecule has 5 heteroatoms. The van der Waals surface area contributed by atoms with Crippen molar-refractivity contribution in [3.63, 3.8) is 0 Å². The molecule has 0 amide bonds. The van der Waals surface area contributed by atoms with Crippen molar-refractivity contribution in [3.05, 3.63) is 59.1 Å². The van der Waals surface area contributed by atoms with Gasteiger partial charge in [-0.25, -0.2) is 8.78 Å². The first kappa shape index (κ1) is 13.7. The molecular weight excluding hydrogens is 252 g/mol. The van der Waals surface area contributed by atoms with E-state index in [1.54, 1.807) is 6.26 Å². The standard InChI is InChI=1S/C14H15F2NO2/c1-9-5-6-19-13(9)8-17-7-12(18)14-10(15)3-2-4-11(14)16/h2-6,12,17-18H,7-8H2,1H3. The van der Waals surface area contributed by atoms with Crippen molar-refractivity contribution < 1.29 is 18.3 Å². The van der Waals surface area contributed by atoms with E-state index in [2.05, 4.69) is 5.32 Å². The van der Waals surface area contributed by atoms with E-state index in [0.29, 0.717) is 6.54 Å². The van der Waals surface area contributed by atoms with Crippen molar-refractivity contribution in [2.75, 3.05) is 6.54 Å². The van der Waals surface area contributed by atoms with Crippen LogP contribution in [0, 0.1) is 18.6 Å². The molecule has 19 heavy (non-hydrogen) atoms. The minimum absolute atomic E-state index is 0.0397. The average molecular weight is 267 g/mol. The highest BCUT2D eigenvalue weighted by atomic mass is 19.1. The topological polar surface area (TPSA) is 45.4 Å². The van der Waals surface area contributed by atoms with E-state index in [0.717, 1.165) is 23.5 Å². The molecule has 0 aliphatic rings. The van der Waals surface area contributed by atoms with Crippen molar-refractivity contribution in [1.82, 2.24) is 5.32 Å². The molecule has 1 atom stereocenters. The van der Waals surface area contributed by atoms with Gasteiger partial charge in [0.15, 0.2) is 0 Å². The Balaban J connectivity index is 1.95. The van der Waals surface area contributed by atoms with E-state index >= 15 is 0 Å². The summed E-state index contributed by atoms with van der Waals surface area (Å²) < 4.78 is 32.0. The summed E-state index contributed by atoms with van der Waals surface area (Å²) in [6.07, 6.45) is 0.329. The van der Waals surface area contributed by atoms with Crippen LogP contribution in [0.2, 0.25) is 0 Å². The molecule has 0 saturated heterocycles. The summed E-state index contributed by atoms with van der Waals surface area (Å²) in [7, 11) is 0. The summed E-state index contributed by atoms with van der Waals surface area (Å²) >= 11 is 0. The fourth-order valence-corrected chi connectivity index (χ4v) is 1.84. The lowest BCUT2D eigenvalue weighted by Crippen LogP contribution is -2.22. The molecule has 1 aromatic heterocycles. The Morgan fingerprint density at radius 3 is 2.53 bits per heavy atom. The molecule has 1 aromatic carbocycles. The van der Waals surface area contributed by atoms with Gasteiger partial charge < -0.3 is 14.8 Å². The number of benzene rings is 1. The lowest BCUT2D eigenvalue weighted by molar-refractivity contribution is 0.164. The summed E-state index contributed by atoms with van der Waals surface area (Å²) in [5.41, 5.74) is 0.672. The number of nitrogens with one attached hydrogen (secondary N) is 1. The van der Waals surface area contributed by atoms with Crippen LogP contribution >= 0.6 is 0 Å². The molecule has 0 aliphatic heterocycles. The monoisotopic (exact) mass is 267 g/mol. The van der Waals surface area contributed by atoms with E-state index in [1.165, 1.54) is 6.07 Å². The van der Waals surface area contributed by atoms with Crippen LogP contribution in [-0.4, -0.2) is 11.7 Å². The van der Waals surface area contributed by atoms with Gasteiger partial charge in [-0.15, -0.1) is 0 Å². The molecule has 2 aromatic rings. The van der Waals surface area contributed by atoms with E-state index < -0.39 is 17.7 Å². The lowest BCUT2D eigenvalue weighted by atomic mass is 10.1. The summed E-state index contributed by atoms with van der Waals surface area (Å²) in [6, 6.07) is 5.33.